The molecule has 0 aromatic heterocycles. The fraction of sp³-hybridized carbons (Fsp3) is 0.176. The summed E-state index contributed by atoms with van der Waals surface area (Å²) >= 11 is 6.23. The molecule has 1 N–H and O–H groups in total. The second-order valence-corrected chi connectivity index (χ2v) is 5.22. The molecule has 6 nitrogen and oxygen atoms in total. The van der Waals surface area contributed by atoms with Crippen LogP contribution in [-0.4, -0.2) is 26.5 Å². The van der Waals surface area contributed by atoms with Gasteiger partial charge < -0.3 is 14.2 Å². The highest BCUT2D eigenvalue weighted by Crippen LogP contribution is 2.36. The molecule has 8 heteroatoms. The third-order valence-electron chi connectivity index (χ3n) is 3.10. The van der Waals surface area contributed by atoms with E-state index < -0.39 is 6.09 Å². The lowest BCUT2D eigenvalue weighted by Gasteiger charge is -2.13. The predicted molar refractivity (Wildman–Crippen MR) is 91.9 cm³/mol. The van der Waals surface area contributed by atoms with Gasteiger partial charge in [0.15, 0.2) is 11.5 Å². The topological polar surface area (TPSA) is 69.2 Å². The molecule has 0 atom stereocenters. The summed E-state index contributed by atoms with van der Waals surface area (Å²) in [6.07, 6.45) is 0.697. The molecule has 2 aromatic carbocycles. The lowest BCUT2D eigenvalue weighted by atomic mass is 10.2. The van der Waals surface area contributed by atoms with Crippen molar-refractivity contribution in [3.63, 3.8) is 0 Å². The number of benzene rings is 2. The van der Waals surface area contributed by atoms with E-state index in [1.54, 1.807) is 24.3 Å². The van der Waals surface area contributed by atoms with Crippen LogP contribution in [0.1, 0.15) is 11.1 Å². The minimum atomic E-state index is -0.687. The number of nitrogens with one attached hydrogen (secondary N) is 1. The summed E-state index contributed by atoms with van der Waals surface area (Å²) in [5, 5.41) is 4.03. The molecule has 0 fully saturated rings. The van der Waals surface area contributed by atoms with E-state index >= 15 is 0 Å². The fourth-order valence-electron chi connectivity index (χ4n) is 1.90. The van der Waals surface area contributed by atoms with E-state index in [1.807, 2.05) is 0 Å². The van der Waals surface area contributed by atoms with Crippen LogP contribution in [0, 0.1) is 5.82 Å². The number of hydrogen-bond acceptors (Lipinski definition) is 5. The molecule has 0 aliphatic carbocycles. The summed E-state index contributed by atoms with van der Waals surface area (Å²) in [4.78, 5) is 10.9. The number of hydrogen-bond donors (Lipinski definition) is 1. The van der Waals surface area contributed by atoms with E-state index in [9.17, 15) is 9.18 Å². The molecule has 0 saturated carbocycles. The summed E-state index contributed by atoms with van der Waals surface area (Å²) < 4.78 is 28.3. The highest BCUT2D eigenvalue weighted by molar-refractivity contribution is 6.32. The molecule has 132 valence electrons. The number of carbonyl (C=O) groups excluding carboxylic acids is 1. The minimum absolute atomic E-state index is 0.202. The van der Waals surface area contributed by atoms with Crippen molar-refractivity contribution in [1.82, 2.24) is 5.43 Å². The Kier molecular flexibility index (Phi) is 6.59. The van der Waals surface area contributed by atoms with Crippen LogP contribution < -0.4 is 14.9 Å². The van der Waals surface area contributed by atoms with Crippen molar-refractivity contribution in [2.75, 3.05) is 14.2 Å². The van der Waals surface area contributed by atoms with Gasteiger partial charge in [0.2, 0.25) is 0 Å². The smallest absolute Gasteiger partial charge is 0.427 e. The number of nitrogens with zero attached hydrogens (tertiary/aromatic N) is 1. The Labute approximate surface area is 149 Å². The molecule has 2 aromatic rings. The van der Waals surface area contributed by atoms with Crippen molar-refractivity contribution < 1.29 is 23.4 Å². The molecule has 0 aliphatic heterocycles. The van der Waals surface area contributed by atoms with Crippen LogP contribution >= 0.6 is 11.6 Å². The first-order valence-electron chi connectivity index (χ1n) is 7.15. The lowest BCUT2D eigenvalue weighted by Crippen LogP contribution is -2.16. The van der Waals surface area contributed by atoms with Gasteiger partial charge in [-0.2, -0.15) is 5.10 Å². The Bertz CT molecular complexity index is 766. The number of methoxy groups -OCH3 is 2. The zero-order valence-corrected chi connectivity index (χ0v) is 14.3. The molecule has 0 aliphatic rings. The average Bonchev–Trinajstić information content (AvgIpc) is 2.61. The van der Waals surface area contributed by atoms with Crippen LogP contribution in [0.3, 0.4) is 0 Å². The monoisotopic (exact) mass is 366 g/mol. The minimum Gasteiger partial charge on any atom is -0.493 e. The van der Waals surface area contributed by atoms with E-state index in [2.05, 4.69) is 15.3 Å². The van der Waals surface area contributed by atoms with Gasteiger partial charge in [0, 0.05) is 0 Å². The third kappa shape index (κ3) is 5.36. The normalized spacial score (nSPS) is 10.6. The lowest BCUT2D eigenvalue weighted by molar-refractivity contribution is 0.171. The van der Waals surface area contributed by atoms with Gasteiger partial charge in [0.25, 0.3) is 0 Å². The summed E-state index contributed by atoms with van der Waals surface area (Å²) in [5.41, 5.74) is 3.54. The molecular formula is C17H16ClFN2O4. The average molecular weight is 367 g/mol. The van der Waals surface area contributed by atoms with Crippen molar-refractivity contribution in [2.45, 2.75) is 6.61 Å². The Hall–Kier alpha value is -2.80. The van der Waals surface area contributed by atoms with E-state index in [4.69, 9.17) is 21.1 Å². The molecule has 0 bridgehead atoms. The van der Waals surface area contributed by atoms with E-state index in [0.29, 0.717) is 22.1 Å². The first-order valence-corrected chi connectivity index (χ1v) is 7.53. The Morgan fingerprint density at radius 2 is 2.00 bits per heavy atom. The van der Waals surface area contributed by atoms with Crippen LogP contribution in [0.5, 0.6) is 11.5 Å². The molecule has 1 amide bonds. The van der Waals surface area contributed by atoms with Gasteiger partial charge in [-0.15, -0.1) is 0 Å². The second kappa shape index (κ2) is 8.89. The van der Waals surface area contributed by atoms with E-state index in [0.717, 1.165) is 5.56 Å². The van der Waals surface area contributed by atoms with Crippen molar-refractivity contribution in [1.29, 1.82) is 0 Å². The Morgan fingerprint density at radius 3 is 2.64 bits per heavy atom. The van der Waals surface area contributed by atoms with Crippen LogP contribution in [0.25, 0.3) is 0 Å². The molecule has 0 spiro atoms. The zero-order valence-electron chi connectivity index (χ0n) is 13.6. The van der Waals surface area contributed by atoms with Crippen molar-refractivity contribution in [3.05, 3.63) is 58.4 Å². The molecule has 0 heterocycles. The molecule has 0 saturated heterocycles. The van der Waals surface area contributed by atoms with Crippen LogP contribution in [0.2, 0.25) is 5.02 Å². The standard InChI is InChI=1S/C17H16ClFN2O4/c1-23-15-8-12(9-20-21-17(22)24-2)7-14(18)16(15)25-10-11-3-5-13(19)6-4-11/h3-9H,10H2,1-2H3,(H,21,22)/b20-9+. The highest BCUT2D eigenvalue weighted by atomic mass is 35.5. The SMILES string of the molecule is COC(=O)N/N=C/c1cc(Cl)c(OCc2ccc(F)cc2)c(OC)c1. The van der Waals surface area contributed by atoms with Crippen molar-refractivity contribution in [3.8, 4) is 11.5 Å². The molecule has 0 radical (unpaired) electrons. The number of amides is 1. The van der Waals surface area contributed by atoms with E-state index in [-0.39, 0.29) is 12.4 Å². The number of carbonyl (C=O) groups is 1. The summed E-state index contributed by atoms with van der Waals surface area (Å²) in [7, 11) is 2.71. The van der Waals surface area contributed by atoms with Crippen LogP contribution in [-0.2, 0) is 11.3 Å². The van der Waals surface area contributed by atoms with Crippen molar-refractivity contribution >= 4 is 23.9 Å². The maximum atomic E-state index is 12.9. The molecular weight excluding hydrogens is 351 g/mol. The fourth-order valence-corrected chi connectivity index (χ4v) is 2.17. The number of ether oxygens (including phenoxy) is 3. The Morgan fingerprint density at radius 1 is 1.28 bits per heavy atom. The van der Waals surface area contributed by atoms with Crippen molar-refractivity contribution in [2.24, 2.45) is 5.10 Å². The van der Waals surface area contributed by atoms with Crippen LogP contribution in [0.4, 0.5) is 9.18 Å². The van der Waals surface area contributed by atoms with Gasteiger partial charge in [-0.25, -0.2) is 14.6 Å². The Balaban J connectivity index is 2.13. The van der Waals surface area contributed by atoms with Gasteiger partial charge in [-0.05, 0) is 35.4 Å². The summed E-state index contributed by atoms with van der Waals surface area (Å²) in [6.45, 7) is 0.202. The number of halogens is 2. The van der Waals surface area contributed by atoms with Crippen LogP contribution in [0.15, 0.2) is 41.5 Å². The largest absolute Gasteiger partial charge is 0.493 e. The maximum absolute atomic E-state index is 12.9. The van der Waals surface area contributed by atoms with Gasteiger partial charge >= 0.3 is 6.09 Å². The van der Waals surface area contributed by atoms with Gasteiger partial charge in [0.1, 0.15) is 12.4 Å². The van der Waals surface area contributed by atoms with Gasteiger partial charge in [0.05, 0.1) is 25.5 Å². The van der Waals surface area contributed by atoms with Gasteiger partial charge in [-0.1, -0.05) is 23.7 Å². The second-order valence-electron chi connectivity index (χ2n) is 4.81. The van der Waals surface area contributed by atoms with Gasteiger partial charge in [-0.3, -0.25) is 0 Å². The molecule has 2 rings (SSSR count). The third-order valence-corrected chi connectivity index (χ3v) is 3.38. The summed E-state index contributed by atoms with van der Waals surface area (Å²) in [6, 6.07) is 9.20. The first kappa shape index (κ1) is 18.5. The van der Waals surface area contributed by atoms with E-state index in [1.165, 1.54) is 32.6 Å². The predicted octanol–water partition coefficient (Wildman–Crippen LogP) is 3.76. The number of rotatable bonds is 6. The highest BCUT2D eigenvalue weighted by Gasteiger charge is 2.12. The number of hydrazone groups is 1. The zero-order chi connectivity index (χ0) is 18.2. The molecule has 25 heavy (non-hydrogen) atoms. The quantitative estimate of drug-likeness (QED) is 0.624. The summed E-state index contributed by atoms with van der Waals surface area (Å²) in [5.74, 6) is 0.435. The maximum Gasteiger partial charge on any atom is 0.427 e. The first-order chi connectivity index (χ1) is 12.0. The molecule has 0 unspecified atom stereocenters.